The van der Waals surface area contributed by atoms with Crippen molar-refractivity contribution in [3.05, 3.63) is 0 Å². The average molecular weight is 254 g/mol. The number of hydrogen-bond donors (Lipinski definition) is 2. The largest absolute Gasteiger partial charge is 0.314 e. The number of hydrogen-bond acceptors (Lipinski definition) is 3. The molecule has 2 heterocycles. The van der Waals surface area contributed by atoms with Crippen molar-refractivity contribution in [3.8, 4) is 0 Å². The van der Waals surface area contributed by atoms with Crippen molar-refractivity contribution in [2.45, 2.75) is 63.1 Å². The molecule has 3 unspecified atom stereocenters. The minimum atomic E-state index is 0.818. The van der Waals surface area contributed by atoms with Gasteiger partial charge >= 0.3 is 0 Å². The van der Waals surface area contributed by atoms with Gasteiger partial charge in [0.2, 0.25) is 0 Å². The zero-order valence-electron chi connectivity index (χ0n) is 10.8. The van der Waals surface area contributed by atoms with Crippen LogP contribution in [0.25, 0.3) is 0 Å². The second-order valence-electron chi connectivity index (χ2n) is 5.96. The van der Waals surface area contributed by atoms with E-state index in [4.69, 9.17) is 0 Å². The van der Waals surface area contributed by atoms with Crippen LogP contribution in [0.15, 0.2) is 0 Å². The summed E-state index contributed by atoms with van der Waals surface area (Å²) in [6.45, 7) is 1.26. The van der Waals surface area contributed by atoms with Crippen molar-refractivity contribution < 1.29 is 0 Å². The molecule has 1 aliphatic carbocycles. The molecule has 2 N–H and O–H groups in total. The maximum Gasteiger partial charge on any atom is 0.0113 e. The summed E-state index contributed by atoms with van der Waals surface area (Å²) in [5.74, 6) is 3.67. The van der Waals surface area contributed by atoms with Crippen LogP contribution >= 0.6 is 11.8 Å². The van der Waals surface area contributed by atoms with Crippen LogP contribution in [0.4, 0.5) is 0 Å². The molecule has 0 aromatic rings. The molecule has 3 fully saturated rings. The average Bonchev–Trinajstić information content (AvgIpc) is 3.00. The molecule has 98 valence electrons. The first-order valence-electron chi connectivity index (χ1n) is 7.50. The van der Waals surface area contributed by atoms with E-state index < -0.39 is 0 Å². The van der Waals surface area contributed by atoms with Crippen LogP contribution in [0, 0.1) is 5.92 Å². The van der Waals surface area contributed by atoms with E-state index >= 15 is 0 Å². The number of rotatable bonds is 3. The van der Waals surface area contributed by atoms with Gasteiger partial charge in [-0.1, -0.05) is 6.42 Å². The molecule has 3 aliphatic rings. The zero-order chi connectivity index (χ0) is 11.5. The summed E-state index contributed by atoms with van der Waals surface area (Å²) in [4.78, 5) is 0. The van der Waals surface area contributed by atoms with Crippen LogP contribution in [0.2, 0.25) is 0 Å². The van der Waals surface area contributed by atoms with Crippen LogP contribution in [0.1, 0.15) is 44.9 Å². The van der Waals surface area contributed by atoms with Crippen molar-refractivity contribution in [2.75, 3.05) is 18.1 Å². The Bertz CT molecular complexity index is 234. The molecule has 0 amide bonds. The second kappa shape index (κ2) is 5.94. The van der Waals surface area contributed by atoms with Gasteiger partial charge in [0, 0.05) is 18.1 Å². The third kappa shape index (κ3) is 2.99. The molecule has 0 aromatic carbocycles. The molecule has 2 aliphatic heterocycles. The molecule has 0 radical (unpaired) electrons. The minimum absolute atomic E-state index is 0.818. The first kappa shape index (κ1) is 12.3. The minimum Gasteiger partial charge on any atom is -0.314 e. The van der Waals surface area contributed by atoms with E-state index in [9.17, 15) is 0 Å². The summed E-state index contributed by atoms with van der Waals surface area (Å²) < 4.78 is 0. The van der Waals surface area contributed by atoms with E-state index in [-0.39, 0.29) is 0 Å². The molecule has 2 nitrogen and oxygen atoms in total. The normalized spacial score (nSPS) is 39.9. The predicted molar refractivity (Wildman–Crippen MR) is 75.6 cm³/mol. The zero-order valence-corrected chi connectivity index (χ0v) is 11.6. The highest BCUT2D eigenvalue weighted by atomic mass is 32.2. The van der Waals surface area contributed by atoms with Crippen LogP contribution in [0.5, 0.6) is 0 Å². The third-order valence-electron chi connectivity index (χ3n) is 4.86. The van der Waals surface area contributed by atoms with E-state index in [2.05, 4.69) is 22.4 Å². The molecular weight excluding hydrogens is 228 g/mol. The fourth-order valence-electron chi connectivity index (χ4n) is 3.92. The summed E-state index contributed by atoms with van der Waals surface area (Å²) in [5, 5.41) is 7.71. The van der Waals surface area contributed by atoms with Gasteiger partial charge in [-0.15, -0.1) is 0 Å². The third-order valence-corrected chi connectivity index (χ3v) is 5.90. The highest BCUT2D eigenvalue weighted by Gasteiger charge is 2.35. The summed E-state index contributed by atoms with van der Waals surface area (Å²) >= 11 is 2.13. The number of thioether (sulfide) groups is 1. The molecule has 2 saturated heterocycles. The Kier molecular flexibility index (Phi) is 4.30. The molecule has 1 saturated carbocycles. The molecule has 0 bridgehead atoms. The van der Waals surface area contributed by atoms with Gasteiger partial charge in [-0.3, -0.25) is 0 Å². The van der Waals surface area contributed by atoms with Crippen LogP contribution in [-0.2, 0) is 0 Å². The molecule has 17 heavy (non-hydrogen) atoms. The van der Waals surface area contributed by atoms with Crippen LogP contribution in [0.3, 0.4) is 0 Å². The van der Waals surface area contributed by atoms with Crippen LogP contribution < -0.4 is 10.6 Å². The highest BCUT2D eigenvalue weighted by molar-refractivity contribution is 7.99. The maximum atomic E-state index is 3.99. The predicted octanol–water partition coefficient (Wildman–Crippen LogP) is 2.39. The van der Waals surface area contributed by atoms with Gasteiger partial charge in [0.1, 0.15) is 0 Å². The van der Waals surface area contributed by atoms with Gasteiger partial charge in [-0.25, -0.2) is 0 Å². The fraction of sp³-hybridized carbons (Fsp3) is 1.00. The Morgan fingerprint density at radius 2 is 1.82 bits per heavy atom. The lowest BCUT2D eigenvalue weighted by Gasteiger charge is -2.32. The molecule has 3 heteroatoms. The lowest BCUT2D eigenvalue weighted by Crippen LogP contribution is -2.47. The molecular formula is C14H26N2S. The lowest BCUT2D eigenvalue weighted by molar-refractivity contribution is 0.291. The monoisotopic (exact) mass is 254 g/mol. The Morgan fingerprint density at radius 1 is 0.941 bits per heavy atom. The van der Waals surface area contributed by atoms with Gasteiger partial charge in [0.15, 0.2) is 0 Å². The van der Waals surface area contributed by atoms with Crippen molar-refractivity contribution >= 4 is 11.8 Å². The first-order chi connectivity index (χ1) is 8.43. The fourth-order valence-corrected chi connectivity index (χ4v) is 5.03. The SMILES string of the molecule is C1CNC(C2CCCC2NC2CCSCC2)C1. The lowest BCUT2D eigenvalue weighted by atomic mass is 9.92. The van der Waals surface area contributed by atoms with Gasteiger partial charge in [0.25, 0.3) is 0 Å². The Hall–Kier alpha value is 0.270. The van der Waals surface area contributed by atoms with E-state index in [1.54, 1.807) is 0 Å². The summed E-state index contributed by atoms with van der Waals surface area (Å²) in [6, 6.07) is 2.47. The quantitative estimate of drug-likeness (QED) is 0.809. The van der Waals surface area contributed by atoms with E-state index in [1.165, 1.54) is 63.0 Å². The highest BCUT2D eigenvalue weighted by Crippen LogP contribution is 2.33. The van der Waals surface area contributed by atoms with Gasteiger partial charge in [-0.05, 0) is 62.5 Å². The van der Waals surface area contributed by atoms with Crippen LogP contribution in [-0.4, -0.2) is 36.2 Å². The molecule has 0 aromatic heterocycles. The summed E-state index contributed by atoms with van der Waals surface area (Å²) in [6.07, 6.45) is 9.93. The molecule has 3 rings (SSSR count). The van der Waals surface area contributed by atoms with Crippen molar-refractivity contribution in [2.24, 2.45) is 5.92 Å². The first-order valence-corrected chi connectivity index (χ1v) is 8.66. The van der Waals surface area contributed by atoms with E-state index in [0.29, 0.717) is 0 Å². The van der Waals surface area contributed by atoms with Gasteiger partial charge in [-0.2, -0.15) is 11.8 Å². The Balaban J connectivity index is 1.53. The van der Waals surface area contributed by atoms with Gasteiger partial charge in [0.05, 0.1) is 0 Å². The molecule has 0 spiro atoms. The molecule has 3 atom stereocenters. The van der Waals surface area contributed by atoms with Crippen molar-refractivity contribution in [3.63, 3.8) is 0 Å². The summed E-state index contributed by atoms with van der Waals surface area (Å²) in [5.41, 5.74) is 0. The Labute approximate surface area is 110 Å². The topological polar surface area (TPSA) is 24.1 Å². The number of nitrogens with one attached hydrogen (secondary N) is 2. The van der Waals surface area contributed by atoms with E-state index in [0.717, 1.165) is 24.0 Å². The van der Waals surface area contributed by atoms with E-state index in [1.807, 2.05) is 0 Å². The van der Waals surface area contributed by atoms with Crippen molar-refractivity contribution in [1.29, 1.82) is 0 Å². The second-order valence-corrected chi connectivity index (χ2v) is 7.18. The summed E-state index contributed by atoms with van der Waals surface area (Å²) in [7, 11) is 0. The smallest absolute Gasteiger partial charge is 0.0113 e. The van der Waals surface area contributed by atoms with Crippen molar-refractivity contribution in [1.82, 2.24) is 10.6 Å². The maximum absolute atomic E-state index is 3.99. The van der Waals surface area contributed by atoms with Gasteiger partial charge < -0.3 is 10.6 Å². The standard InChI is InChI=1S/C14H26N2S/c1-3-12(13-5-2-8-15-13)14(4-1)16-11-6-9-17-10-7-11/h11-16H,1-10H2. The Morgan fingerprint density at radius 3 is 2.59 bits per heavy atom.